The molecule has 0 saturated carbocycles. The molecule has 2 heterocycles. The second-order valence-electron chi connectivity index (χ2n) is 6.41. The number of hydrogen-bond acceptors (Lipinski definition) is 4. The van der Waals surface area contributed by atoms with E-state index in [4.69, 9.17) is 4.74 Å². The predicted molar refractivity (Wildman–Crippen MR) is 79.0 cm³/mol. The van der Waals surface area contributed by atoms with E-state index in [1.807, 2.05) is 34.7 Å². The lowest BCUT2D eigenvalue weighted by atomic mass is 10.0. The molecule has 0 aromatic carbocycles. The maximum Gasteiger partial charge on any atom is 0.227 e. The second kappa shape index (κ2) is 5.77. The highest BCUT2D eigenvalue weighted by molar-refractivity contribution is 5.79. The number of aromatic nitrogens is 2. The van der Waals surface area contributed by atoms with Crippen LogP contribution in [0.2, 0.25) is 0 Å². The minimum Gasteiger partial charge on any atom is -0.394 e. The normalized spacial score (nSPS) is 21.6. The average Bonchev–Trinajstić information content (AvgIpc) is 2.63. The van der Waals surface area contributed by atoms with Crippen molar-refractivity contribution in [2.45, 2.75) is 45.8 Å². The van der Waals surface area contributed by atoms with Crippen LogP contribution in [0.3, 0.4) is 0 Å². The van der Waals surface area contributed by atoms with Crippen molar-refractivity contribution in [1.82, 2.24) is 14.7 Å². The first-order valence-electron chi connectivity index (χ1n) is 7.29. The maximum absolute atomic E-state index is 12.6. The highest BCUT2D eigenvalue weighted by atomic mass is 16.5. The summed E-state index contributed by atoms with van der Waals surface area (Å²) in [5.74, 6) is 0.0593. The summed E-state index contributed by atoms with van der Waals surface area (Å²) in [6.45, 7) is 8.69. The zero-order valence-corrected chi connectivity index (χ0v) is 13.5. The Morgan fingerprint density at radius 2 is 2.14 bits per heavy atom. The molecule has 0 spiro atoms. The Kier molecular flexibility index (Phi) is 4.39. The van der Waals surface area contributed by atoms with Gasteiger partial charge in [-0.2, -0.15) is 5.10 Å². The van der Waals surface area contributed by atoms with E-state index < -0.39 is 5.60 Å². The molecule has 0 radical (unpaired) electrons. The molecule has 1 unspecified atom stereocenters. The van der Waals surface area contributed by atoms with Gasteiger partial charge in [0.25, 0.3) is 0 Å². The summed E-state index contributed by atoms with van der Waals surface area (Å²) < 4.78 is 7.55. The topological polar surface area (TPSA) is 67.6 Å². The van der Waals surface area contributed by atoms with Crippen LogP contribution in [-0.2, 0) is 23.0 Å². The van der Waals surface area contributed by atoms with Crippen molar-refractivity contribution in [3.05, 3.63) is 17.0 Å². The molecule has 1 N–H and O–H groups in total. The number of rotatable bonds is 3. The number of amides is 1. The maximum atomic E-state index is 12.6. The number of aliphatic hydroxyl groups excluding tert-OH is 1. The van der Waals surface area contributed by atoms with Gasteiger partial charge < -0.3 is 14.7 Å². The Morgan fingerprint density at radius 1 is 1.48 bits per heavy atom. The summed E-state index contributed by atoms with van der Waals surface area (Å²) in [6.07, 6.45) is 0.0357. The number of nitrogens with zero attached hydrogens (tertiary/aromatic N) is 3. The standard InChI is InChI=1S/C15H25N3O3/c1-10-13(11(2)17(5)16-10)6-14(20)18-7-12(8-19)21-15(3,4)9-18/h12,19H,6-9H2,1-5H3. The van der Waals surface area contributed by atoms with Crippen LogP contribution < -0.4 is 0 Å². The van der Waals surface area contributed by atoms with Crippen molar-refractivity contribution in [1.29, 1.82) is 0 Å². The van der Waals surface area contributed by atoms with Gasteiger partial charge in [0.15, 0.2) is 0 Å². The van der Waals surface area contributed by atoms with E-state index in [0.717, 1.165) is 17.0 Å². The summed E-state index contributed by atoms with van der Waals surface area (Å²) in [4.78, 5) is 14.4. The highest BCUT2D eigenvalue weighted by Gasteiger charge is 2.35. The van der Waals surface area contributed by atoms with Gasteiger partial charge in [0.2, 0.25) is 5.91 Å². The van der Waals surface area contributed by atoms with E-state index in [1.165, 1.54) is 0 Å². The molecule has 0 aliphatic carbocycles. The fourth-order valence-corrected chi connectivity index (χ4v) is 2.92. The van der Waals surface area contributed by atoms with Gasteiger partial charge in [-0.05, 0) is 27.7 Å². The van der Waals surface area contributed by atoms with E-state index in [2.05, 4.69) is 5.10 Å². The van der Waals surface area contributed by atoms with Crippen LogP contribution in [0, 0.1) is 13.8 Å². The third-order valence-electron chi connectivity index (χ3n) is 4.02. The molecule has 21 heavy (non-hydrogen) atoms. The summed E-state index contributed by atoms with van der Waals surface area (Å²) in [6, 6.07) is 0. The average molecular weight is 295 g/mol. The molecular formula is C15H25N3O3. The van der Waals surface area contributed by atoms with Crippen LogP contribution in [0.1, 0.15) is 30.8 Å². The lowest BCUT2D eigenvalue weighted by Crippen LogP contribution is -2.55. The summed E-state index contributed by atoms with van der Waals surface area (Å²) in [5, 5.41) is 13.7. The van der Waals surface area contributed by atoms with Crippen molar-refractivity contribution >= 4 is 5.91 Å². The van der Waals surface area contributed by atoms with E-state index in [1.54, 1.807) is 9.58 Å². The van der Waals surface area contributed by atoms with Gasteiger partial charge >= 0.3 is 0 Å². The van der Waals surface area contributed by atoms with Crippen molar-refractivity contribution in [2.75, 3.05) is 19.7 Å². The quantitative estimate of drug-likeness (QED) is 0.885. The van der Waals surface area contributed by atoms with Crippen LogP contribution in [0.5, 0.6) is 0 Å². The lowest BCUT2D eigenvalue weighted by Gasteiger charge is -2.42. The van der Waals surface area contributed by atoms with Crippen molar-refractivity contribution in [2.24, 2.45) is 7.05 Å². The fourth-order valence-electron chi connectivity index (χ4n) is 2.92. The molecule has 2 rings (SSSR count). The molecule has 1 saturated heterocycles. The molecule has 1 aliphatic rings. The van der Waals surface area contributed by atoms with E-state index in [0.29, 0.717) is 19.5 Å². The number of hydrogen-bond donors (Lipinski definition) is 1. The number of aliphatic hydroxyl groups is 1. The molecule has 1 aromatic heterocycles. The fraction of sp³-hybridized carbons (Fsp3) is 0.733. The van der Waals surface area contributed by atoms with Crippen LogP contribution in [0.15, 0.2) is 0 Å². The lowest BCUT2D eigenvalue weighted by molar-refractivity contribution is -0.166. The summed E-state index contributed by atoms with van der Waals surface area (Å²) in [5.41, 5.74) is 2.48. The third-order valence-corrected chi connectivity index (χ3v) is 4.02. The van der Waals surface area contributed by atoms with E-state index >= 15 is 0 Å². The number of aryl methyl sites for hydroxylation is 2. The van der Waals surface area contributed by atoms with Crippen molar-refractivity contribution < 1.29 is 14.6 Å². The van der Waals surface area contributed by atoms with Gasteiger partial charge in [0.05, 0.1) is 30.4 Å². The molecule has 1 aromatic rings. The highest BCUT2D eigenvalue weighted by Crippen LogP contribution is 2.22. The van der Waals surface area contributed by atoms with Crippen LogP contribution in [-0.4, -0.2) is 57.1 Å². The van der Waals surface area contributed by atoms with E-state index in [-0.39, 0.29) is 18.6 Å². The number of carbonyl (C=O) groups excluding carboxylic acids is 1. The number of morpholine rings is 1. The first kappa shape index (κ1) is 16.0. The van der Waals surface area contributed by atoms with Gasteiger partial charge in [-0.15, -0.1) is 0 Å². The van der Waals surface area contributed by atoms with E-state index in [9.17, 15) is 9.90 Å². The van der Waals surface area contributed by atoms with Gasteiger partial charge in [-0.1, -0.05) is 0 Å². The monoisotopic (exact) mass is 295 g/mol. The molecule has 1 atom stereocenters. The number of ether oxygens (including phenoxy) is 1. The second-order valence-corrected chi connectivity index (χ2v) is 6.41. The van der Waals surface area contributed by atoms with Crippen molar-refractivity contribution in [3.8, 4) is 0 Å². The number of carbonyl (C=O) groups is 1. The molecule has 6 heteroatoms. The van der Waals surface area contributed by atoms with Gasteiger partial charge in [0.1, 0.15) is 0 Å². The molecule has 6 nitrogen and oxygen atoms in total. The Bertz CT molecular complexity index is 537. The largest absolute Gasteiger partial charge is 0.394 e. The first-order chi connectivity index (χ1) is 9.73. The predicted octanol–water partition coefficient (Wildman–Crippen LogP) is 0.578. The van der Waals surface area contributed by atoms with Crippen LogP contribution in [0.25, 0.3) is 0 Å². The minimum absolute atomic E-state index is 0.0593. The van der Waals surface area contributed by atoms with Gasteiger partial charge in [-0.25, -0.2) is 0 Å². The molecule has 1 aliphatic heterocycles. The Balaban J connectivity index is 2.12. The Morgan fingerprint density at radius 3 is 2.67 bits per heavy atom. The molecular weight excluding hydrogens is 270 g/mol. The van der Waals surface area contributed by atoms with Crippen molar-refractivity contribution in [3.63, 3.8) is 0 Å². The SMILES string of the molecule is Cc1nn(C)c(C)c1CC(=O)N1CC(CO)OC(C)(C)C1. The van der Waals surface area contributed by atoms with Gasteiger partial charge in [-0.3, -0.25) is 9.48 Å². The van der Waals surface area contributed by atoms with Crippen LogP contribution >= 0.6 is 0 Å². The first-order valence-corrected chi connectivity index (χ1v) is 7.29. The molecule has 0 bridgehead atoms. The third kappa shape index (κ3) is 3.44. The van der Waals surface area contributed by atoms with Gasteiger partial charge in [0, 0.05) is 31.4 Å². The van der Waals surface area contributed by atoms with Crippen LogP contribution in [0.4, 0.5) is 0 Å². The molecule has 118 valence electrons. The molecule has 1 fully saturated rings. The Hall–Kier alpha value is -1.40. The molecule has 1 amide bonds. The minimum atomic E-state index is -0.430. The summed E-state index contributed by atoms with van der Waals surface area (Å²) >= 11 is 0. The Labute approximate surface area is 125 Å². The zero-order valence-electron chi connectivity index (χ0n) is 13.5. The zero-order chi connectivity index (χ0) is 15.8. The smallest absolute Gasteiger partial charge is 0.227 e. The summed E-state index contributed by atoms with van der Waals surface area (Å²) in [7, 11) is 1.88.